The molecule has 0 aliphatic heterocycles. The van der Waals surface area contributed by atoms with Gasteiger partial charge in [-0.2, -0.15) is 0 Å². The summed E-state index contributed by atoms with van der Waals surface area (Å²) in [7, 11) is 4.93. The Labute approximate surface area is 66.6 Å². The molecule has 0 bridgehead atoms. The summed E-state index contributed by atoms with van der Waals surface area (Å²) in [5.74, 6) is 0.555. The van der Waals surface area contributed by atoms with Crippen LogP contribution in [0, 0.1) is 0 Å². The highest BCUT2D eigenvalue weighted by atomic mass is 16.5. The summed E-state index contributed by atoms with van der Waals surface area (Å²) in [6.45, 7) is 0. The van der Waals surface area contributed by atoms with Gasteiger partial charge in [-0.25, -0.2) is 0 Å². The lowest BCUT2D eigenvalue weighted by Crippen LogP contribution is -2.35. The summed E-state index contributed by atoms with van der Waals surface area (Å²) >= 11 is 0. The molecule has 0 spiro atoms. The second kappa shape index (κ2) is 5.85. The van der Waals surface area contributed by atoms with Gasteiger partial charge in [-0.1, -0.05) is 0 Å². The number of carbonyl (C=O) groups is 1. The molecule has 0 amide bonds. The van der Waals surface area contributed by atoms with E-state index < -0.39 is 0 Å². The molecule has 0 rings (SSSR count). The van der Waals surface area contributed by atoms with Gasteiger partial charge in [-0.05, 0) is 7.05 Å². The molecule has 0 saturated heterocycles. The van der Waals surface area contributed by atoms with Crippen LogP contribution >= 0.6 is 0 Å². The molecule has 1 N–H and O–H groups in total. The average Bonchev–Trinajstić information content (AvgIpc) is 2.05. The summed E-state index contributed by atoms with van der Waals surface area (Å²) in [5, 5.41) is 2.92. The third-order valence-corrected chi connectivity index (χ3v) is 1.41. The molecular formula is C7H14N2O2. The third kappa shape index (κ3) is 3.13. The molecule has 64 valence electrons. The molecule has 0 aliphatic rings. The van der Waals surface area contributed by atoms with Crippen LogP contribution in [0.3, 0.4) is 0 Å². The molecule has 4 nitrogen and oxygen atoms in total. The molecule has 0 aromatic rings. The number of methoxy groups -OCH3 is 1. The maximum atomic E-state index is 10.2. The standard InChI is InChI=1S/C7H14N2O2/c1-8-6(4-5-10)7(9-2)11-3/h5-6,8H,4H2,1-3H3/b9-7+. The van der Waals surface area contributed by atoms with Crippen molar-refractivity contribution in [1.82, 2.24) is 5.32 Å². The summed E-state index contributed by atoms with van der Waals surface area (Å²) < 4.78 is 4.93. The van der Waals surface area contributed by atoms with Crippen LogP contribution in [0.15, 0.2) is 4.99 Å². The molecule has 1 atom stereocenters. The number of hydrogen-bond donors (Lipinski definition) is 1. The van der Waals surface area contributed by atoms with Gasteiger partial charge in [-0.3, -0.25) is 4.99 Å². The van der Waals surface area contributed by atoms with Gasteiger partial charge >= 0.3 is 0 Å². The minimum absolute atomic E-state index is 0.0949. The zero-order valence-electron chi connectivity index (χ0n) is 7.13. The van der Waals surface area contributed by atoms with Crippen LogP contribution in [-0.4, -0.2) is 39.4 Å². The maximum Gasteiger partial charge on any atom is 0.200 e. The van der Waals surface area contributed by atoms with Crippen molar-refractivity contribution in [2.45, 2.75) is 12.5 Å². The van der Waals surface area contributed by atoms with E-state index in [1.165, 1.54) is 7.11 Å². The van der Waals surface area contributed by atoms with Crippen molar-refractivity contribution < 1.29 is 9.53 Å². The van der Waals surface area contributed by atoms with E-state index in [1.54, 1.807) is 14.1 Å². The smallest absolute Gasteiger partial charge is 0.200 e. The molecule has 0 aromatic heterocycles. The van der Waals surface area contributed by atoms with Crippen molar-refractivity contribution in [3.63, 3.8) is 0 Å². The SMILES string of the molecule is C/N=C(/OC)C(CC=O)NC. The molecule has 0 aromatic carbocycles. The van der Waals surface area contributed by atoms with Crippen LogP contribution in [0.2, 0.25) is 0 Å². The molecule has 0 fully saturated rings. The second-order valence-electron chi connectivity index (χ2n) is 2.01. The lowest BCUT2D eigenvalue weighted by molar-refractivity contribution is -0.108. The lowest BCUT2D eigenvalue weighted by Gasteiger charge is -2.13. The molecule has 0 heterocycles. The van der Waals surface area contributed by atoms with Crippen molar-refractivity contribution in [3.8, 4) is 0 Å². The van der Waals surface area contributed by atoms with E-state index in [9.17, 15) is 4.79 Å². The van der Waals surface area contributed by atoms with Crippen LogP contribution in [0.1, 0.15) is 6.42 Å². The van der Waals surface area contributed by atoms with Crippen LogP contribution in [0.4, 0.5) is 0 Å². The molecule has 4 heteroatoms. The predicted octanol–water partition coefficient (Wildman–Crippen LogP) is -0.162. The normalized spacial score (nSPS) is 14.3. The Balaban J connectivity index is 4.09. The zero-order valence-corrected chi connectivity index (χ0v) is 7.13. The molecule has 1 unspecified atom stereocenters. The third-order valence-electron chi connectivity index (χ3n) is 1.41. The Morgan fingerprint density at radius 1 is 1.82 bits per heavy atom. The van der Waals surface area contributed by atoms with Crippen LogP contribution < -0.4 is 5.32 Å². The van der Waals surface area contributed by atoms with Crippen molar-refractivity contribution in [1.29, 1.82) is 0 Å². The summed E-state index contributed by atoms with van der Waals surface area (Å²) in [6, 6.07) is -0.0949. The van der Waals surface area contributed by atoms with Gasteiger partial charge in [0.1, 0.15) is 6.29 Å². The molecule has 11 heavy (non-hydrogen) atoms. The largest absolute Gasteiger partial charge is 0.483 e. The molecule has 0 radical (unpaired) electrons. The number of nitrogens with one attached hydrogen (secondary N) is 1. The fraction of sp³-hybridized carbons (Fsp3) is 0.714. The minimum Gasteiger partial charge on any atom is -0.483 e. The van der Waals surface area contributed by atoms with Crippen molar-refractivity contribution >= 4 is 12.2 Å². The number of carbonyl (C=O) groups excluding carboxylic acids is 1. The molecular weight excluding hydrogens is 144 g/mol. The Bertz CT molecular complexity index is 145. The van der Waals surface area contributed by atoms with E-state index >= 15 is 0 Å². The van der Waals surface area contributed by atoms with Crippen molar-refractivity contribution in [2.24, 2.45) is 4.99 Å². The van der Waals surface area contributed by atoms with Crippen molar-refractivity contribution in [2.75, 3.05) is 21.2 Å². The van der Waals surface area contributed by atoms with Gasteiger partial charge in [0.2, 0.25) is 5.90 Å². The number of aliphatic imine (C=N–C) groups is 1. The first-order valence-corrected chi connectivity index (χ1v) is 3.41. The van der Waals surface area contributed by atoms with Gasteiger partial charge in [-0.15, -0.1) is 0 Å². The fourth-order valence-electron chi connectivity index (χ4n) is 0.828. The van der Waals surface area contributed by atoms with Gasteiger partial charge in [0.15, 0.2) is 0 Å². The number of likely N-dealkylation sites (N-methyl/N-ethyl adjacent to an activating group) is 1. The number of ether oxygens (including phenoxy) is 1. The van der Waals surface area contributed by atoms with E-state index in [0.717, 1.165) is 6.29 Å². The first-order valence-electron chi connectivity index (χ1n) is 3.41. The van der Waals surface area contributed by atoms with Crippen LogP contribution in [0.25, 0.3) is 0 Å². The Morgan fingerprint density at radius 3 is 2.73 bits per heavy atom. The van der Waals surface area contributed by atoms with E-state index in [2.05, 4.69) is 10.3 Å². The van der Waals surface area contributed by atoms with Crippen LogP contribution in [0.5, 0.6) is 0 Å². The van der Waals surface area contributed by atoms with Crippen LogP contribution in [-0.2, 0) is 9.53 Å². The minimum atomic E-state index is -0.0949. The molecule has 0 aliphatic carbocycles. The van der Waals surface area contributed by atoms with Crippen molar-refractivity contribution in [3.05, 3.63) is 0 Å². The highest BCUT2D eigenvalue weighted by Crippen LogP contribution is 1.93. The number of aldehydes is 1. The highest BCUT2D eigenvalue weighted by molar-refractivity contribution is 5.83. The fourth-order valence-corrected chi connectivity index (χ4v) is 0.828. The summed E-state index contributed by atoms with van der Waals surface area (Å²) in [5.41, 5.74) is 0. The predicted molar refractivity (Wildman–Crippen MR) is 43.9 cm³/mol. The van der Waals surface area contributed by atoms with E-state index in [-0.39, 0.29) is 6.04 Å². The Hall–Kier alpha value is -0.900. The first-order chi connectivity index (χ1) is 5.29. The van der Waals surface area contributed by atoms with E-state index in [1.807, 2.05) is 0 Å². The van der Waals surface area contributed by atoms with E-state index in [0.29, 0.717) is 12.3 Å². The Kier molecular flexibility index (Phi) is 5.37. The lowest BCUT2D eigenvalue weighted by atomic mass is 10.2. The van der Waals surface area contributed by atoms with Gasteiger partial charge in [0, 0.05) is 13.5 Å². The van der Waals surface area contributed by atoms with E-state index in [4.69, 9.17) is 4.74 Å². The number of nitrogens with zero attached hydrogens (tertiary/aromatic N) is 1. The topological polar surface area (TPSA) is 50.7 Å². The summed E-state index contributed by atoms with van der Waals surface area (Å²) in [6.07, 6.45) is 1.22. The average molecular weight is 158 g/mol. The number of hydrogen-bond acceptors (Lipinski definition) is 4. The first kappa shape index (κ1) is 10.1. The monoisotopic (exact) mass is 158 g/mol. The molecule has 0 saturated carbocycles. The second-order valence-corrected chi connectivity index (χ2v) is 2.01. The van der Waals surface area contributed by atoms with Gasteiger partial charge < -0.3 is 14.8 Å². The highest BCUT2D eigenvalue weighted by Gasteiger charge is 2.12. The van der Waals surface area contributed by atoms with Gasteiger partial charge in [0.25, 0.3) is 0 Å². The number of rotatable bonds is 4. The Morgan fingerprint density at radius 2 is 2.45 bits per heavy atom. The quantitative estimate of drug-likeness (QED) is 0.351. The maximum absolute atomic E-state index is 10.2. The van der Waals surface area contributed by atoms with Gasteiger partial charge in [0.05, 0.1) is 13.2 Å². The summed E-state index contributed by atoms with van der Waals surface area (Å²) in [4.78, 5) is 14.0. The zero-order chi connectivity index (χ0) is 8.69.